The van der Waals surface area contributed by atoms with E-state index in [1.54, 1.807) is 43.3 Å². The maximum atomic E-state index is 15.1. The first kappa shape index (κ1) is 18.4. The van der Waals surface area contributed by atoms with Crippen LogP contribution in [0, 0.1) is 12.7 Å². The van der Waals surface area contributed by atoms with Crippen LogP contribution >= 0.6 is 0 Å². The highest BCUT2D eigenvalue weighted by Gasteiger charge is 2.40. The van der Waals surface area contributed by atoms with E-state index in [-0.39, 0.29) is 35.3 Å². The number of pyridine rings is 1. The summed E-state index contributed by atoms with van der Waals surface area (Å²) < 4.78 is 20.9. The van der Waals surface area contributed by atoms with Crippen LogP contribution in [0.5, 0.6) is 5.75 Å². The lowest BCUT2D eigenvalue weighted by molar-refractivity contribution is 0.0748. The van der Waals surface area contributed by atoms with E-state index in [9.17, 15) is 9.59 Å². The van der Waals surface area contributed by atoms with Crippen LogP contribution < -0.4 is 10.1 Å². The van der Waals surface area contributed by atoms with E-state index in [0.29, 0.717) is 29.8 Å². The van der Waals surface area contributed by atoms with Crippen molar-refractivity contribution in [3.8, 4) is 5.75 Å². The second-order valence-corrected chi connectivity index (χ2v) is 7.44. The zero-order valence-electron chi connectivity index (χ0n) is 16.1. The van der Waals surface area contributed by atoms with Crippen molar-refractivity contribution < 1.29 is 18.7 Å². The van der Waals surface area contributed by atoms with Gasteiger partial charge in [0.05, 0.1) is 12.1 Å². The zero-order valence-corrected chi connectivity index (χ0v) is 16.1. The average Bonchev–Trinajstić information content (AvgIpc) is 3.00. The highest BCUT2D eigenvalue weighted by molar-refractivity contribution is 5.98. The average molecular weight is 383 g/mol. The highest BCUT2D eigenvalue weighted by atomic mass is 19.1. The Balaban J connectivity index is 1.69. The van der Waals surface area contributed by atoms with Crippen LogP contribution in [0.3, 0.4) is 0 Å². The maximum absolute atomic E-state index is 15.1. The number of carbonyl (C=O) groups is 2. The summed E-state index contributed by atoms with van der Waals surface area (Å²) in [4.78, 5) is 30.5. The van der Waals surface area contributed by atoms with Gasteiger partial charge in [0.15, 0.2) is 11.6 Å². The molecule has 1 N–H and O–H groups in total. The fraction of sp³-hybridized carbons (Fsp3) is 0.381. The van der Waals surface area contributed by atoms with Crippen LogP contribution in [-0.2, 0) is 6.42 Å². The van der Waals surface area contributed by atoms with Crippen molar-refractivity contribution in [2.75, 3.05) is 13.6 Å². The van der Waals surface area contributed by atoms with Crippen molar-refractivity contribution in [2.45, 2.75) is 38.8 Å². The van der Waals surface area contributed by atoms with Crippen LogP contribution in [0.25, 0.3) is 0 Å². The number of aromatic nitrogens is 1. The first-order valence-corrected chi connectivity index (χ1v) is 9.35. The molecule has 1 aromatic heterocycles. The molecule has 2 aliphatic heterocycles. The van der Waals surface area contributed by atoms with Crippen molar-refractivity contribution >= 4 is 11.8 Å². The first-order valence-electron chi connectivity index (χ1n) is 9.35. The largest absolute Gasteiger partial charge is 0.485 e. The van der Waals surface area contributed by atoms with Gasteiger partial charge in [-0.05, 0) is 49.1 Å². The van der Waals surface area contributed by atoms with E-state index >= 15 is 4.39 Å². The van der Waals surface area contributed by atoms with Gasteiger partial charge in [-0.1, -0.05) is 6.07 Å². The fourth-order valence-corrected chi connectivity index (χ4v) is 3.92. The van der Waals surface area contributed by atoms with Gasteiger partial charge in [-0.15, -0.1) is 0 Å². The topological polar surface area (TPSA) is 71.5 Å². The van der Waals surface area contributed by atoms with E-state index < -0.39 is 5.82 Å². The molecule has 2 amide bonds. The van der Waals surface area contributed by atoms with E-state index in [1.807, 2.05) is 6.92 Å². The molecule has 6 nitrogen and oxygen atoms in total. The Morgan fingerprint density at radius 1 is 1.43 bits per heavy atom. The summed E-state index contributed by atoms with van der Waals surface area (Å²) in [6.07, 6.45) is 2.55. The second-order valence-electron chi connectivity index (χ2n) is 7.44. The molecule has 2 aromatic rings. The number of rotatable bonds is 3. The van der Waals surface area contributed by atoms with Crippen molar-refractivity contribution in [3.05, 3.63) is 58.2 Å². The number of carbonyl (C=O) groups excluding carboxylic acids is 2. The van der Waals surface area contributed by atoms with E-state index in [1.165, 1.54) is 0 Å². The van der Waals surface area contributed by atoms with Crippen molar-refractivity contribution in [1.29, 1.82) is 0 Å². The molecule has 0 saturated carbocycles. The molecule has 146 valence electrons. The molecule has 1 saturated heterocycles. The predicted octanol–water partition coefficient (Wildman–Crippen LogP) is 2.47. The molecule has 7 heteroatoms. The van der Waals surface area contributed by atoms with Gasteiger partial charge in [-0.3, -0.25) is 14.6 Å². The van der Waals surface area contributed by atoms with Gasteiger partial charge in [0, 0.05) is 25.7 Å². The number of fused-ring (bicyclic) bond motifs is 3. The van der Waals surface area contributed by atoms with Gasteiger partial charge >= 0.3 is 0 Å². The molecule has 4 rings (SSSR count). The maximum Gasteiger partial charge on any atom is 0.269 e. The second kappa shape index (κ2) is 6.89. The summed E-state index contributed by atoms with van der Waals surface area (Å²) in [5.74, 6) is -0.855. The molecule has 0 radical (unpaired) electrons. The van der Waals surface area contributed by atoms with Crippen LogP contribution in [0.2, 0.25) is 0 Å². The standard InChI is InChI=1S/C21H22FN3O3/c1-11-6-15-10-25(11)21(27)16-8-14(12(2)18(22)19(16)28-15)7-13-4-5-17(24-9-13)20(26)23-3/h4-5,8-9,11,15H,6-7,10H2,1-3H3,(H,23,26)/t11-,15-/m0/s1. The van der Waals surface area contributed by atoms with Gasteiger partial charge in [-0.2, -0.15) is 0 Å². The number of amides is 2. The molecule has 0 spiro atoms. The Kier molecular flexibility index (Phi) is 4.53. The zero-order chi connectivity index (χ0) is 20.0. The fourth-order valence-electron chi connectivity index (χ4n) is 3.92. The Morgan fingerprint density at radius 2 is 2.21 bits per heavy atom. The summed E-state index contributed by atoms with van der Waals surface area (Å²) >= 11 is 0. The minimum atomic E-state index is -0.475. The molecule has 0 aliphatic carbocycles. The lowest BCUT2D eigenvalue weighted by Gasteiger charge is -2.23. The minimum Gasteiger partial charge on any atom is -0.485 e. The quantitative estimate of drug-likeness (QED) is 0.884. The first-order chi connectivity index (χ1) is 13.4. The molecule has 0 unspecified atom stereocenters. The van der Waals surface area contributed by atoms with E-state index in [2.05, 4.69) is 10.3 Å². The Labute approximate surface area is 162 Å². The molecule has 2 aliphatic rings. The van der Waals surface area contributed by atoms with Crippen molar-refractivity contribution in [1.82, 2.24) is 15.2 Å². The molecular weight excluding hydrogens is 361 g/mol. The summed E-state index contributed by atoms with van der Waals surface area (Å²) in [5.41, 5.74) is 2.59. The van der Waals surface area contributed by atoms with Crippen molar-refractivity contribution in [3.63, 3.8) is 0 Å². The summed E-state index contributed by atoms with van der Waals surface area (Å²) in [6.45, 7) is 4.17. The summed E-state index contributed by atoms with van der Waals surface area (Å²) in [7, 11) is 1.54. The number of hydrogen-bond donors (Lipinski definition) is 1. The van der Waals surface area contributed by atoms with Crippen LogP contribution in [0.15, 0.2) is 24.4 Å². The molecule has 1 aromatic carbocycles. The number of nitrogens with zero attached hydrogens (tertiary/aromatic N) is 2. The Morgan fingerprint density at radius 3 is 2.89 bits per heavy atom. The van der Waals surface area contributed by atoms with Crippen LogP contribution in [0.4, 0.5) is 4.39 Å². The van der Waals surface area contributed by atoms with E-state index in [0.717, 1.165) is 12.0 Å². The number of ether oxygens (including phenoxy) is 1. The lowest BCUT2D eigenvalue weighted by atomic mass is 9.96. The van der Waals surface area contributed by atoms with Crippen molar-refractivity contribution in [2.24, 2.45) is 0 Å². The highest BCUT2D eigenvalue weighted by Crippen LogP contribution is 2.37. The molecule has 1 fully saturated rings. The third-order valence-corrected chi connectivity index (χ3v) is 5.56. The molecule has 3 heterocycles. The SMILES string of the molecule is CNC(=O)c1ccc(Cc2cc3c(c(F)c2C)O[C@H]2C[C@H](C)N(C2)C3=O)cn1. The van der Waals surface area contributed by atoms with Crippen LogP contribution in [0.1, 0.15) is 50.9 Å². The van der Waals surface area contributed by atoms with Gasteiger partial charge in [0.2, 0.25) is 0 Å². The molecule has 2 bridgehead atoms. The number of nitrogens with one attached hydrogen (secondary N) is 1. The monoisotopic (exact) mass is 383 g/mol. The smallest absolute Gasteiger partial charge is 0.269 e. The predicted molar refractivity (Wildman–Crippen MR) is 101 cm³/mol. The van der Waals surface area contributed by atoms with Gasteiger partial charge in [0.25, 0.3) is 11.8 Å². The Bertz CT molecular complexity index is 958. The number of benzene rings is 1. The number of halogens is 1. The summed E-state index contributed by atoms with van der Waals surface area (Å²) in [6, 6.07) is 5.23. The normalized spacial score (nSPS) is 20.4. The third-order valence-electron chi connectivity index (χ3n) is 5.56. The lowest BCUT2D eigenvalue weighted by Crippen LogP contribution is -2.33. The van der Waals surface area contributed by atoms with Gasteiger partial charge in [-0.25, -0.2) is 4.39 Å². The van der Waals surface area contributed by atoms with Crippen LogP contribution in [-0.4, -0.2) is 47.4 Å². The van der Waals surface area contributed by atoms with Gasteiger partial charge in [0.1, 0.15) is 11.8 Å². The van der Waals surface area contributed by atoms with E-state index in [4.69, 9.17) is 4.74 Å². The minimum absolute atomic E-state index is 0.0683. The Hall–Kier alpha value is -2.96. The third kappa shape index (κ3) is 3.00. The number of hydrogen-bond acceptors (Lipinski definition) is 4. The molecule has 2 atom stereocenters. The summed E-state index contributed by atoms with van der Waals surface area (Å²) in [5, 5.41) is 2.52. The molecule has 28 heavy (non-hydrogen) atoms. The molecular formula is C21H22FN3O3. The van der Waals surface area contributed by atoms with Gasteiger partial charge < -0.3 is 15.0 Å².